The molecule has 0 spiro atoms. The lowest BCUT2D eigenvalue weighted by atomic mass is 10.00. The molecule has 0 aromatic heterocycles. The topological polar surface area (TPSA) is 87.5 Å². The Labute approximate surface area is 98.0 Å². The molecule has 1 aliphatic heterocycles. The number of hydroxylamine groups is 2. The van der Waals surface area contributed by atoms with Gasteiger partial charge in [0.05, 0.1) is 18.9 Å². The second kappa shape index (κ2) is 5.86. The fraction of sp³-hybridized carbons (Fsp3) is 0.273. The summed E-state index contributed by atoms with van der Waals surface area (Å²) >= 11 is 0. The smallest absolute Gasteiger partial charge is 0.285 e. The third-order valence-corrected chi connectivity index (χ3v) is 2.28. The van der Waals surface area contributed by atoms with E-state index in [-0.39, 0.29) is 11.8 Å². The van der Waals surface area contributed by atoms with E-state index in [0.717, 1.165) is 11.5 Å². The molecule has 0 fully saturated rings. The van der Waals surface area contributed by atoms with E-state index in [4.69, 9.17) is 10.2 Å². The molecule has 2 amide bonds. The number of nitrogens with zero attached hydrogens (tertiary/aromatic N) is 1. The molecule has 0 atom stereocenters. The van der Waals surface area contributed by atoms with Crippen molar-refractivity contribution in [2.24, 2.45) is 0 Å². The number of hydrogen-bond donors (Lipinski definition) is 1. The quantitative estimate of drug-likeness (QED) is 0.427. The molecular formula is C11H12N2O4. The molecule has 0 unspecified atom stereocenters. The molecule has 1 N–H and O–H groups in total. The Morgan fingerprint density at radius 1 is 1.41 bits per heavy atom. The summed E-state index contributed by atoms with van der Waals surface area (Å²) in [5.74, 6) is -0.662. The van der Waals surface area contributed by atoms with Gasteiger partial charge in [0, 0.05) is 5.57 Å². The fourth-order valence-corrected chi connectivity index (χ4v) is 1.58. The van der Waals surface area contributed by atoms with Gasteiger partial charge >= 0.3 is 0 Å². The molecule has 6 heteroatoms. The number of carbonyl (C=O) groups is 3. The average molecular weight is 236 g/mol. The second-order valence-corrected chi connectivity index (χ2v) is 3.22. The van der Waals surface area contributed by atoms with Gasteiger partial charge in [-0.3, -0.25) is 19.2 Å². The van der Waals surface area contributed by atoms with Crippen LogP contribution in [-0.4, -0.2) is 36.5 Å². The number of carbonyl (C=O) groups excluding carboxylic acids is 3. The van der Waals surface area contributed by atoms with Crippen LogP contribution >= 0.6 is 0 Å². The Balaban J connectivity index is 0.000000317. The van der Waals surface area contributed by atoms with E-state index < -0.39 is 0 Å². The zero-order valence-electron chi connectivity index (χ0n) is 9.30. The molecule has 0 radical (unpaired) electrons. The zero-order chi connectivity index (χ0) is 12.8. The molecule has 0 bridgehead atoms. The highest BCUT2D eigenvalue weighted by Crippen LogP contribution is 2.28. The minimum atomic E-state index is -0.349. The lowest BCUT2D eigenvalue weighted by Crippen LogP contribution is -2.30. The molecule has 0 aromatic rings. The molecule has 1 heterocycles. The minimum Gasteiger partial charge on any atom is -0.305 e. The number of amides is 2. The van der Waals surface area contributed by atoms with E-state index >= 15 is 0 Å². The van der Waals surface area contributed by atoms with Gasteiger partial charge in [0.15, 0.2) is 6.29 Å². The number of hydrogen-bond acceptors (Lipinski definition) is 5. The first-order valence-electron chi connectivity index (χ1n) is 4.94. The molecule has 2 aliphatic rings. The molecule has 1 aliphatic carbocycles. The van der Waals surface area contributed by atoms with Crippen molar-refractivity contribution in [3.8, 4) is 0 Å². The maximum atomic E-state index is 11.5. The van der Waals surface area contributed by atoms with Crippen LogP contribution in [0.3, 0.4) is 0 Å². The van der Waals surface area contributed by atoms with Crippen LogP contribution in [0.2, 0.25) is 0 Å². The van der Waals surface area contributed by atoms with Gasteiger partial charge in [-0.25, -0.2) is 0 Å². The standard InChI is InChI=1S/C9H9NO3.C2H3NO/c1-13-10-8(11)6-4-2-3-5-7(6)9(10)12;3-1-2-4/h2,4H,3,5H2,1H3;1-3H. The van der Waals surface area contributed by atoms with E-state index in [1.807, 2.05) is 6.08 Å². The van der Waals surface area contributed by atoms with E-state index in [1.54, 1.807) is 6.08 Å². The van der Waals surface area contributed by atoms with Crippen molar-refractivity contribution in [1.29, 1.82) is 5.41 Å². The van der Waals surface area contributed by atoms with Crippen LogP contribution in [0.1, 0.15) is 12.8 Å². The maximum Gasteiger partial charge on any atom is 0.285 e. The van der Waals surface area contributed by atoms with Gasteiger partial charge in [-0.1, -0.05) is 12.2 Å². The van der Waals surface area contributed by atoms with Gasteiger partial charge < -0.3 is 5.41 Å². The summed E-state index contributed by atoms with van der Waals surface area (Å²) in [6.45, 7) is 0. The first-order chi connectivity index (χ1) is 8.17. The summed E-state index contributed by atoms with van der Waals surface area (Å²) in [4.78, 5) is 36.5. The van der Waals surface area contributed by atoms with Crippen molar-refractivity contribution >= 4 is 24.3 Å². The SMILES string of the molecule is CON1C(=O)C2=C(CCC=C2)C1=O.N=CC=O. The van der Waals surface area contributed by atoms with Gasteiger partial charge in [-0.15, -0.1) is 5.06 Å². The summed E-state index contributed by atoms with van der Waals surface area (Å²) in [5.41, 5.74) is 1.06. The molecular weight excluding hydrogens is 224 g/mol. The van der Waals surface area contributed by atoms with E-state index in [2.05, 4.69) is 4.84 Å². The lowest BCUT2D eigenvalue weighted by Gasteiger charge is -2.09. The van der Waals surface area contributed by atoms with Gasteiger partial charge in [-0.05, 0) is 12.8 Å². The van der Waals surface area contributed by atoms with Crippen LogP contribution in [0.25, 0.3) is 0 Å². The number of imide groups is 1. The first-order valence-corrected chi connectivity index (χ1v) is 4.94. The Morgan fingerprint density at radius 3 is 2.53 bits per heavy atom. The maximum absolute atomic E-state index is 11.5. The van der Waals surface area contributed by atoms with Gasteiger partial charge in [0.25, 0.3) is 11.8 Å². The summed E-state index contributed by atoms with van der Waals surface area (Å²) in [5, 5.41) is 6.76. The van der Waals surface area contributed by atoms with Crippen molar-refractivity contribution in [2.75, 3.05) is 7.11 Å². The van der Waals surface area contributed by atoms with Crippen LogP contribution in [0, 0.1) is 5.41 Å². The summed E-state index contributed by atoms with van der Waals surface area (Å²) < 4.78 is 0. The summed E-state index contributed by atoms with van der Waals surface area (Å²) in [7, 11) is 1.32. The van der Waals surface area contributed by atoms with Crippen molar-refractivity contribution in [3.63, 3.8) is 0 Å². The van der Waals surface area contributed by atoms with E-state index in [9.17, 15) is 9.59 Å². The predicted molar refractivity (Wildman–Crippen MR) is 59.1 cm³/mol. The molecule has 0 aromatic carbocycles. The van der Waals surface area contributed by atoms with Crippen molar-refractivity contribution in [1.82, 2.24) is 5.06 Å². The number of nitrogens with one attached hydrogen (secondary N) is 1. The zero-order valence-corrected chi connectivity index (χ0v) is 9.30. The van der Waals surface area contributed by atoms with Gasteiger partial charge in [0.1, 0.15) is 0 Å². The molecule has 0 saturated heterocycles. The Kier molecular flexibility index (Phi) is 4.47. The minimum absolute atomic E-state index is 0.313. The number of allylic oxidation sites excluding steroid dienone is 1. The van der Waals surface area contributed by atoms with Crippen LogP contribution in [-0.2, 0) is 19.2 Å². The van der Waals surface area contributed by atoms with Crippen LogP contribution < -0.4 is 0 Å². The normalized spacial score (nSPS) is 17.6. The average Bonchev–Trinajstić information content (AvgIpc) is 2.62. The first kappa shape index (κ1) is 13.0. The Bertz CT molecular complexity index is 417. The number of rotatable bonds is 2. The van der Waals surface area contributed by atoms with Crippen molar-refractivity contribution < 1.29 is 19.2 Å². The monoisotopic (exact) mass is 236 g/mol. The van der Waals surface area contributed by atoms with Crippen LogP contribution in [0.4, 0.5) is 0 Å². The lowest BCUT2D eigenvalue weighted by molar-refractivity contribution is -0.178. The highest BCUT2D eigenvalue weighted by Gasteiger charge is 2.37. The van der Waals surface area contributed by atoms with Crippen LogP contribution in [0.5, 0.6) is 0 Å². The van der Waals surface area contributed by atoms with E-state index in [0.29, 0.717) is 30.1 Å². The number of aldehydes is 1. The summed E-state index contributed by atoms with van der Waals surface area (Å²) in [6.07, 6.45) is 6.15. The van der Waals surface area contributed by atoms with Gasteiger partial charge in [-0.2, -0.15) is 0 Å². The molecule has 17 heavy (non-hydrogen) atoms. The van der Waals surface area contributed by atoms with Crippen LogP contribution in [0.15, 0.2) is 23.3 Å². The fourth-order valence-electron chi connectivity index (χ4n) is 1.58. The third-order valence-electron chi connectivity index (χ3n) is 2.28. The summed E-state index contributed by atoms with van der Waals surface area (Å²) in [6, 6.07) is 0. The van der Waals surface area contributed by atoms with E-state index in [1.165, 1.54) is 7.11 Å². The largest absolute Gasteiger partial charge is 0.305 e. The molecule has 2 rings (SSSR count). The van der Waals surface area contributed by atoms with Crippen molar-refractivity contribution in [2.45, 2.75) is 12.8 Å². The Hall–Kier alpha value is -2.08. The Morgan fingerprint density at radius 2 is 2.06 bits per heavy atom. The molecule has 6 nitrogen and oxygen atoms in total. The highest BCUT2D eigenvalue weighted by molar-refractivity contribution is 6.20. The second-order valence-electron chi connectivity index (χ2n) is 3.22. The predicted octanol–water partition coefficient (Wildman–Crippen LogP) is 0.398. The van der Waals surface area contributed by atoms with Gasteiger partial charge in [0.2, 0.25) is 0 Å². The third kappa shape index (κ3) is 2.54. The molecule has 0 saturated carbocycles. The van der Waals surface area contributed by atoms with Crippen molar-refractivity contribution in [3.05, 3.63) is 23.3 Å². The molecule has 90 valence electrons. The highest BCUT2D eigenvalue weighted by atomic mass is 16.7.